The zero-order valence-electron chi connectivity index (χ0n) is 9.20. The van der Waals surface area contributed by atoms with Gasteiger partial charge in [-0.05, 0) is 19.0 Å². The molecule has 84 valence electrons. The van der Waals surface area contributed by atoms with Gasteiger partial charge in [0.1, 0.15) is 5.82 Å². The van der Waals surface area contributed by atoms with Gasteiger partial charge in [0, 0.05) is 11.6 Å². The molecule has 1 unspecified atom stereocenters. The molecule has 1 aromatic carbocycles. The number of benzene rings is 1. The van der Waals surface area contributed by atoms with Crippen molar-refractivity contribution in [2.75, 3.05) is 6.54 Å². The van der Waals surface area contributed by atoms with Crippen LogP contribution in [0.4, 0.5) is 4.39 Å². The summed E-state index contributed by atoms with van der Waals surface area (Å²) in [6.45, 7) is 4.76. The van der Waals surface area contributed by atoms with E-state index in [1.165, 1.54) is 6.07 Å². The molecule has 0 radical (unpaired) electrons. The Labute approximate surface area is 90.1 Å². The Bertz CT molecular complexity index is 301. The molecule has 1 atom stereocenters. The molecular weight excluding hydrogens is 193 g/mol. The largest absolute Gasteiger partial charge is 0.388 e. The van der Waals surface area contributed by atoms with Crippen molar-refractivity contribution < 1.29 is 9.50 Å². The van der Waals surface area contributed by atoms with Crippen LogP contribution in [0.3, 0.4) is 0 Å². The maximum Gasteiger partial charge on any atom is 0.128 e. The molecule has 0 fully saturated rings. The molecule has 1 rings (SSSR count). The summed E-state index contributed by atoms with van der Waals surface area (Å²) >= 11 is 0. The standard InChI is InChI=1S/C12H18FNO/c1-9(2)14-8-7-12(15)10-5-3-4-6-11(10)13/h3-6,9,12,14-15H,7-8H2,1-2H3. The van der Waals surface area contributed by atoms with E-state index in [2.05, 4.69) is 5.32 Å². The van der Waals surface area contributed by atoms with Gasteiger partial charge in [-0.25, -0.2) is 4.39 Å². The Morgan fingerprint density at radius 1 is 1.33 bits per heavy atom. The summed E-state index contributed by atoms with van der Waals surface area (Å²) in [5, 5.41) is 12.9. The van der Waals surface area contributed by atoms with E-state index in [0.29, 0.717) is 24.6 Å². The fourth-order valence-electron chi connectivity index (χ4n) is 1.41. The van der Waals surface area contributed by atoms with Gasteiger partial charge in [0.15, 0.2) is 0 Å². The Balaban J connectivity index is 2.47. The first-order valence-electron chi connectivity index (χ1n) is 5.27. The highest BCUT2D eigenvalue weighted by Crippen LogP contribution is 2.18. The van der Waals surface area contributed by atoms with Crippen LogP contribution in [-0.2, 0) is 0 Å². The van der Waals surface area contributed by atoms with Crippen LogP contribution in [0.2, 0.25) is 0 Å². The fourth-order valence-corrected chi connectivity index (χ4v) is 1.41. The van der Waals surface area contributed by atoms with Gasteiger partial charge < -0.3 is 10.4 Å². The number of rotatable bonds is 5. The van der Waals surface area contributed by atoms with Crippen LogP contribution in [0.5, 0.6) is 0 Å². The molecule has 3 heteroatoms. The maximum atomic E-state index is 13.2. The monoisotopic (exact) mass is 211 g/mol. The lowest BCUT2D eigenvalue weighted by Crippen LogP contribution is -2.25. The van der Waals surface area contributed by atoms with E-state index in [9.17, 15) is 9.50 Å². The van der Waals surface area contributed by atoms with Gasteiger partial charge in [0.25, 0.3) is 0 Å². The van der Waals surface area contributed by atoms with E-state index in [-0.39, 0.29) is 5.82 Å². The number of aliphatic hydroxyl groups is 1. The first kappa shape index (κ1) is 12.1. The van der Waals surface area contributed by atoms with Crippen LogP contribution in [0.15, 0.2) is 24.3 Å². The molecule has 2 nitrogen and oxygen atoms in total. The summed E-state index contributed by atoms with van der Waals surface area (Å²) in [4.78, 5) is 0. The Morgan fingerprint density at radius 2 is 2.00 bits per heavy atom. The second kappa shape index (κ2) is 5.83. The molecule has 0 bridgehead atoms. The molecule has 0 aliphatic rings. The SMILES string of the molecule is CC(C)NCCC(O)c1ccccc1F. The van der Waals surface area contributed by atoms with Gasteiger partial charge in [0.2, 0.25) is 0 Å². The Hall–Kier alpha value is -0.930. The van der Waals surface area contributed by atoms with E-state index >= 15 is 0 Å². The zero-order valence-corrected chi connectivity index (χ0v) is 9.20. The molecule has 0 amide bonds. The van der Waals surface area contributed by atoms with Crippen LogP contribution >= 0.6 is 0 Å². The zero-order chi connectivity index (χ0) is 11.3. The van der Waals surface area contributed by atoms with Gasteiger partial charge in [0.05, 0.1) is 6.10 Å². The summed E-state index contributed by atoms with van der Waals surface area (Å²) < 4.78 is 13.2. The van der Waals surface area contributed by atoms with Crippen LogP contribution in [0, 0.1) is 5.82 Å². The van der Waals surface area contributed by atoms with E-state index < -0.39 is 6.10 Å². The minimum atomic E-state index is -0.725. The summed E-state index contributed by atoms with van der Waals surface area (Å²) in [7, 11) is 0. The first-order valence-corrected chi connectivity index (χ1v) is 5.27. The molecule has 15 heavy (non-hydrogen) atoms. The van der Waals surface area contributed by atoms with Crippen molar-refractivity contribution >= 4 is 0 Å². The Kier molecular flexibility index (Phi) is 4.72. The molecule has 0 saturated carbocycles. The van der Waals surface area contributed by atoms with Crippen molar-refractivity contribution in [3.05, 3.63) is 35.6 Å². The van der Waals surface area contributed by atoms with Crippen LogP contribution < -0.4 is 5.32 Å². The highest BCUT2D eigenvalue weighted by Gasteiger charge is 2.11. The second-order valence-corrected chi connectivity index (χ2v) is 3.93. The summed E-state index contributed by atoms with van der Waals surface area (Å²) in [6.07, 6.45) is -0.198. The van der Waals surface area contributed by atoms with Gasteiger partial charge in [-0.15, -0.1) is 0 Å². The van der Waals surface area contributed by atoms with Gasteiger partial charge >= 0.3 is 0 Å². The lowest BCUT2D eigenvalue weighted by Gasteiger charge is -2.13. The first-order chi connectivity index (χ1) is 7.11. The molecule has 0 aromatic heterocycles. The lowest BCUT2D eigenvalue weighted by atomic mass is 10.1. The number of aliphatic hydroxyl groups excluding tert-OH is 1. The lowest BCUT2D eigenvalue weighted by molar-refractivity contribution is 0.161. The van der Waals surface area contributed by atoms with Crippen molar-refractivity contribution in [1.29, 1.82) is 0 Å². The van der Waals surface area contributed by atoms with E-state index in [0.717, 1.165) is 0 Å². The van der Waals surface area contributed by atoms with Crippen molar-refractivity contribution in [1.82, 2.24) is 5.32 Å². The van der Waals surface area contributed by atoms with E-state index in [4.69, 9.17) is 0 Å². The van der Waals surface area contributed by atoms with Crippen LogP contribution in [0.25, 0.3) is 0 Å². The predicted molar refractivity (Wildman–Crippen MR) is 59.1 cm³/mol. The third kappa shape index (κ3) is 3.98. The van der Waals surface area contributed by atoms with Crippen molar-refractivity contribution in [3.8, 4) is 0 Å². The summed E-state index contributed by atoms with van der Waals surface area (Å²) in [5.41, 5.74) is 0.378. The fraction of sp³-hybridized carbons (Fsp3) is 0.500. The number of hydrogen-bond donors (Lipinski definition) is 2. The third-order valence-corrected chi connectivity index (χ3v) is 2.23. The molecule has 0 aliphatic carbocycles. The van der Waals surface area contributed by atoms with Gasteiger partial charge in [-0.2, -0.15) is 0 Å². The average Bonchev–Trinajstić information content (AvgIpc) is 2.17. The normalized spacial score (nSPS) is 13.1. The highest BCUT2D eigenvalue weighted by atomic mass is 19.1. The summed E-state index contributed by atoms with van der Waals surface area (Å²) in [5.74, 6) is -0.338. The molecule has 0 saturated heterocycles. The van der Waals surface area contributed by atoms with Crippen molar-refractivity contribution in [2.45, 2.75) is 32.4 Å². The van der Waals surface area contributed by atoms with Crippen molar-refractivity contribution in [2.24, 2.45) is 0 Å². The van der Waals surface area contributed by atoms with Crippen LogP contribution in [0.1, 0.15) is 31.9 Å². The minimum absolute atomic E-state index is 0.338. The Morgan fingerprint density at radius 3 is 2.60 bits per heavy atom. The maximum absolute atomic E-state index is 13.2. The molecule has 1 aromatic rings. The molecule has 0 spiro atoms. The van der Waals surface area contributed by atoms with E-state index in [1.54, 1.807) is 18.2 Å². The van der Waals surface area contributed by atoms with Gasteiger partial charge in [-0.1, -0.05) is 32.0 Å². The average molecular weight is 211 g/mol. The third-order valence-electron chi connectivity index (χ3n) is 2.23. The van der Waals surface area contributed by atoms with Crippen LogP contribution in [-0.4, -0.2) is 17.7 Å². The quantitative estimate of drug-likeness (QED) is 0.783. The molecular formula is C12H18FNO. The highest BCUT2D eigenvalue weighted by molar-refractivity contribution is 5.19. The smallest absolute Gasteiger partial charge is 0.128 e. The summed E-state index contributed by atoms with van der Waals surface area (Å²) in [6, 6.07) is 6.73. The van der Waals surface area contributed by atoms with E-state index in [1.807, 2.05) is 13.8 Å². The predicted octanol–water partition coefficient (Wildman–Crippen LogP) is 2.25. The molecule has 0 aliphatic heterocycles. The topological polar surface area (TPSA) is 32.3 Å². The second-order valence-electron chi connectivity index (χ2n) is 3.93. The van der Waals surface area contributed by atoms with Crippen molar-refractivity contribution in [3.63, 3.8) is 0 Å². The molecule has 2 N–H and O–H groups in total. The van der Waals surface area contributed by atoms with Gasteiger partial charge in [-0.3, -0.25) is 0 Å². The number of hydrogen-bond acceptors (Lipinski definition) is 2. The minimum Gasteiger partial charge on any atom is -0.388 e. The molecule has 0 heterocycles. The number of halogens is 1. The number of nitrogens with one attached hydrogen (secondary N) is 1.